The summed E-state index contributed by atoms with van der Waals surface area (Å²) in [5, 5.41) is 2.73. The maximum atomic E-state index is 11.8. The van der Waals surface area contributed by atoms with E-state index in [9.17, 15) is 9.59 Å². The molecular weight excluding hydrogens is 278 g/mol. The largest absolute Gasteiger partial charge is 0.452 e. The zero-order valence-corrected chi connectivity index (χ0v) is 12.5. The van der Waals surface area contributed by atoms with E-state index in [-0.39, 0.29) is 12.5 Å². The highest BCUT2D eigenvalue weighted by molar-refractivity contribution is 5.91. The van der Waals surface area contributed by atoms with E-state index in [0.717, 1.165) is 17.5 Å². The summed E-state index contributed by atoms with van der Waals surface area (Å²) in [4.78, 5) is 23.4. The molecule has 0 aliphatic carbocycles. The fourth-order valence-corrected chi connectivity index (χ4v) is 2.03. The number of amides is 1. The van der Waals surface area contributed by atoms with E-state index in [2.05, 4.69) is 5.32 Å². The standard InChI is InChI=1S/C18H19NO3/c1-14-6-5-9-16(12-14)18(21)22-13-17(20)19-11-10-15-7-3-2-4-8-15/h2-9,12H,10-11,13H2,1H3,(H,19,20). The highest BCUT2D eigenvalue weighted by atomic mass is 16.5. The van der Waals surface area contributed by atoms with Gasteiger partial charge in [-0.05, 0) is 31.0 Å². The Morgan fingerprint density at radius 2 is 1.82 bits per heavy atom. The molecule has 1 N–H and O–H groups in total. The lowest BCUT2D eigenvalue weighted by Gasteiger charge is -2.07. The molecule has 0 heterocycles. The molecule has 2 rings (SSSR count). The number of benzene rings is 2. The van der Waals surface area contributed by atoms with Crippen LogP contribution in [0, 0.1) is 6.92 Å². The molecule has 114 valence electrons. The van der Waals surface area contributed by atoms with E-state index in [0.29, 0.717) is 12.1 Å². The number of nitrogens with one attached hydrogen (secondary N) is 1. The number of aryl methyl sites for hydroxylation is 1. The van der Waals surface area contributed by atoms with Crippen molar-refractivity contribution >= 4 is 11.9 Å². The lowest BCUT2D eigenvalue weighted by atomic mass is 10.1. The Balaban J connectivity index is 1.70. The number of esters is 1. The van der Waals surface area contributed by atoms with Gasteiger partial charge in [0, 0.05) is 6.54 Å². The highest BCUT2D eigenvalue weighted by Gasteiger charge is 2.09. The van der Waals surface area contributed by atoms with Crippen molar-refractivity contribution in [1.29, 1.82) is 0 Å². The van der Waals surface area contributed by atoms with Crippen LogP contribution in [-0.2, 0) is 16.0 Å². The van der Waals surface area contributed by atoms with Gasteiger partial charge in [0.1, 0.15) is 0 Å². The molecule has 0 saturated heterocycles. The predicted molar refractivity (Wildman–Crippen MR) is 84.6 cm³/mol. The van der Waals surface area contributed by atoms with Crippen molar-refractivity contribution in [2.75, 3.05) is 13.2 Å². The second-order valence-corrected chi connectivity index (χ2v) is 5.03. The summed E-state index contributed by atoms with van der Waals surface area (Å²) in [7, 11) is 0. The van der Waals surface area contributed by atoms with Crippen LogP contribution in [-0.4, -0.2) is 25.0 Å². The molecular formula is C18H19NO3. The van der Waals surface area contributed by atoms with Crippen LogP contribution in [0.1, 0.15) is 21.5 Å². The maximum Gasteiger partial charge on any atom is 0.338 e. The fraction of sp³-hybridized carbons (Fsp3) is 0.222. The Hall–Kier alpha value is -2.62. The van der Waals surface area contributed by atoms with E-state index in [4.69, 9.17) is 4.74 Å². The monoisotopic (exact) mass is 297 g/mol. The van der Waals surface area contributed by atoms with Crippen LogP contribution in [0.25, 0.3) is 0 Å². The summed E-state index contributed by atoms with van der Waals surface area (Å²) in [5.41, 5.74) is 2.58. The first-order valence-electron chi connectivity index (χ1n) is 7.19. The van der Waals surface area contributed by atoms with Gasteiger partial charge in [0.05, 0.1) is 5.56 Å². The third-order valence-corrected chi connectivity index (χ3v) is 3.17. The minimum absolute atomic E-state index is 0.262. The molecule has 0 aliphatic heterocycles. The molecule has 0 radical (unpaired) electrons. The number of rotatable bonds is 6. The summed E-state index contributed by atoms with van der Waals surface area (Å²) < 4.78 is 5.00. The Labute approximate surface area is 130 Å². The number of hydrogen-bond donors (Lipinski definition) is 1. The van der Waals surface area contributed by atoms with Crippen LogP contribution in [0.3, 0.4) is 0 Å². The third kappa shape index (κ3) is 5.05. The lowest BCUT2D eigenvalue weighted by Crippen LogP contribution is -2.30. The van der Waals surface area contributed by atoms with Crippen molar-refractivity contribution in [3.63, 3.8) is 0 Å². The van der Waals surface area contributed by atoms with Gasteiger partial charge in [0.25, 0.3) is 5.91 Å². The third-order valence-electron chi connectivity index (χ3n) is 3.17. The summed E-state index contributed by atoms with van der Waals surface area (Å²) >= 11 is 0. The number of hydrogen-bond acceptors (Lipinski definition) is 3. The number of ether oxygens (including phenoxy) is 1. The first-order chi connectivity index (χ1) is 10.6. The summed E-state index contributed by atoms with van der Waals surface area (Å²) in [5.74, 6) is -0.779. The van der Waals surface area contributed by atoms with Crippen molar-refractivity contribution in [3.05, 3.63) is 71.3 Å². The van der Waals surface area contributed by atoms with E-state index in [1.54, 1.807) is 18.2 Å². The van der Waals surface area contributed by atoms with Crippen molar-refractivity contribution in [3.8, 4) is 0 Å². The topological polar surface area (TPSA) is 55.4 Å². The zero-order valence-electron chi connectivity index (χ0n) is 12.5. The summed E-state index contributed by atoms with van der Waals surface area (Å²) in [6, 6.07) is 17.0. The van der Waals surface area contributed by atoms with Gasteiger partial charge in [-0.15, -0.1) is 0 Å². The van der Waals surface area contributed by atoms with Gasteiger partial charge in [0.2, 0.25) is 0 Å². The second kappa shape index (κ2) is 7.98. The first-order valence-corrected chi connectivity index (χ1v) is 7.19. The van der Waals surface area contributed by atoms with Crippen LogP contribution in [0.5, 0.6) is 0 Å². The van der Waals surface area contributed by atoms with Crippen molar-refractivity contribution in [2.45, 2.75) is 13.3 Å². The minimum Gasteiger partial charge on any atom is -0.452 e. The highest BCUT2D eigenvalue weighted by Crippen LogP contribution is 2.05. The normalized spacial score (nSPS) is 10.0. The van der Waals surface area contributed by atoms with Crippen LogP contribution < -0.4 is 5.32 Å². The van der Waals surface area contributed by atoms with Crippen molar-refractivity contribution < 1.29 is 14.3 Å². The smallest absolute Gasteiger partial charge is 0.338 e. The minimum atomic E-state index is -0.484. The Morgan fingerprint density at radius 3 is 2.55 bits per heavy atom. The second-order valence-electron chi connectivity index (χ2n) is 5.03. The predicted octanol–water partition coefficient (Wildman–Crippen LogP) is 2.51. The summed E-state index contributed by atoms with van der Waals surface area (Å²) in [6.45, 7) is 2.15. The Morgan fingerprint density at radius 1 is 1.05 bits per heavy atom. The van der Waals surface area contributed by atoms with E-state index in [1.807, 2.05) is 43.3 Å². The molecule has 1 amide bonds. The maximum absolute atomic E-state index is 11.8. The van der Waals surface area contributed by atoms with Gasteiger partial charge in [-0.25, -0.2) is 4.79 Å². The molecule has 2 aromatic rings. The molecule has 0 saturated carbocycles. The number of carbonyl (C=O) groups is 2. The van der Waals surface area contributed by atoms with Crippen LogP contribution in [0.2, 0.25) is 0 Å². The molecule has 22 heavy (non-hydrogen) atoms. The van der Waals surface area contributed by atoms with E-state index >= 15 is 0 Å². The molecule has 0 bridgehead atoms. The molecule has 0 spiro atoms. The van der Waals surface area contributed by atoms with Crippen LogP contribution in [0.15, 0.2) is 54.6 Å². The molecule has 2 aromatic carbocycles. The quantitative estimate of drug-likeness (QED) is 0.834. The van der Waals surface area contributed by atoms with Gasteiger partial charge in [-0.2, -0.15) is 0 Å². The van der Waals surface area contributed by atoms with Gasteiger partial charge in [-0.1, -0.05) is 48.0 Å². The Kier molecular flexibility index (Phi) is 5.72. The molecule has 0 fully saturated rings. The lowest BCUT2D eigenvalue weighted by molar-refractivity contribution is -0.124. The van der Waals surface area contributed by atoms with E-state index < -0.39 is 5.97 Å². The fourth-order valence-electron chi connectivity index (χ4n) is 2.03. The van der Waals surface area contributed by atoms with Crippen molar-refractivity contribution in [1.82, 2.24) is 5.32 Å². The number of carbonyl (C=O) groups excluding carboxylic acids is 2. The van der Waals surface area contributed by atoms with E-state index in [1.165, 1.54) is 0 Å². The molecule has 4 heteroatoms. The molecule has 0 atom stereocenters. The van der Waals surface area contributed by atoms with Gasteiger partial charge in [0.15, 0.2) is 6.61 Å². The van der Waals surface area contributed by atoms with Crippen molar-refractivity contribution in [2.24, 2.45) is 0 Å². The molecule has 4 nitrogen and oxygen atoms in total. The van der Waals surface area contributed by atoms with Gasteiger partial charge < -0.3 is 10.1 Å². The zero-order chi connectivity index (χ0) is 15.8. The van der Waals surface area contributed by atoms with Gasteiger partial charge >= 0.3 is 5.97 Å². The SMILES string of the molecule is Cc1cccc(C(=O)OCC(=O)NCCc2ccccc2)c1. The first kappa shape index (κ1) is 15.8. The molecule has 0 aromatic heterocycles. The Bertz CT molecular complexity index is 638. The summed E-state index contributed by atoms with van der Waals surface area (Å²) in [6.07, 6.45) is 0.748. The molecule has 0 unspecified atom stereocenters. The van der Waals surface area contributed by atoms with Crippen LogP contribution >= 0.6 is 0 Å². The van der Waals surface area contributed by atoms with Gasteiger partial charge in [-0.3, -0.25) is 4.79 Å². The average molecular weight is 297 g/mol. The van der Waals surface area contributed by atoms with Crippen LogP contribution in [0.4, 0.5) is 0 Å². The average Bonchev–Trinajstić information content (AvgIpc) is 2.53. The molecule has 0 aliphatic rings.